The third-order valence-corrected chi connectivity index (χ3v) is 4.69. The molecule has 0 aliphatic heterocycles. The van der Waals surface area contributed by atoms with Crippen molar-refractivity contribution in [2.75, 3.05) is 0 Å². The van der Waals surface area contributed by atoms with Gasteiger partial charge in [-0.1, -0.05) is 13.8 Å². The highest BCUT2D eigenvalue weighted by Gasteiger charge is 2.24. The first-order chi connectivity index (χ1) is 7.95. The minimum Gasteiger partial charge on any atom is -0.392 e. The molecular formula is C12H23N3OS. The summed E-state index contributed by atoms with van der Waals surface area (Å²) in [6.45, 7) is 5.93. The molecule has 98 valence electrons. The largest absolute Gasteiger partial charge is 0.392 e. The maximum atomic E-state index is 9.59. The zero-order valence-electron chi connectivity index (χ0n) is 11.0. The number of thioether (sulfide) groups is 1. The van der Waals surface area contributed by atoms with Gasteiger partial charge in [-0.05, 0) is 13.3 Å². The topological polar surface area (TPSA) is 64.1 Å². The highest BCUT2D eigenvalue weighted by molar-refractivity contribution is 8.00. The third kappa shape index (κ3) is 4.01. The molecule has 5 heteroatoms. The number of hydrogen-bond donors (Lipinski definition) is 2. The molecule has 0 aliphatic carbocycles. The maximum Gasteiger partial charge on any atom is 0.0628 e. The van der Waals surface area contributed by atoms with E-state index in [-0.39, 0.29) is 22.6 Å². The van der Waals surface area contributed by atoms with Gasteiger partial charge in [0.1, 0.15) is 0 Å². The molecule has 0 fully saturated rings. The van der Waals surface area contributed by atoms with Gasteiger partial charge in [-0.3, -0.25) is 4.68 Å². The van der Waals surface area contributed by atoms with E-state index in [4.69, 9.17) is 5.73 Å². The minimum absolute atomic E-state index is 0.0883. The van der Waals surface area contributed by atoms with Gasteiger partial charge < -0.3 is 10.8 Å². The summed E-state index contributed by atoms with van der Waals surface area (Å²) in [6.07, 6.45) is 4.45. The maximum absolute atomic E-state index is 9.59. The predicted octanol–water partition coefficient (Wildman–Crippen LogP) is 1.70. The van der Waals surface area contributed by atoms with Crippen molar-refractivity contribution in [1.82, 2.24) is 9.78 Å². The van der Waals surface area contributed by atoms with Crippen molar-refractivity contribution in [3.63, 3.8) is 0 Å². The van der Waals surface area contributed by atoms with Crippen LogP contribution in [-0.2, 0) is 7.05 Å². The van der Waals surface area contributed by atoms with E-state index in [1.54, 1.807) is 16.4 Å². The summed E-state index contributed by atoms with van der Waals surface area (Å²) in [5.41, 5.74) is 7.31. The van der Waals surface area contributed by atoms with Crippen LogP contribution in [0.3, 0.4) is 0 Å². The van der Waals surface area contributed by atoms with Crippen LogP contribution in [0.1, 0.15) is 38.0 Å². The molecule has 0 aromatic carbocycles. The second-order valence-electron chi connectivity index (χ2n) is 4.52. The van der Waals surface area contributed by atoms with Gasteiger partial charge in [0.25, 0.3) is 0 Å². The highest BCUT2D eigenvalue weighted by atomic mass is 32.2. The zero-order valence-corrected chi connectivity index (χ0v) is 11.8. The Morgan fingerprint density at radius 3 is 2.59 bits per heavy atom. The van der Waals surface area contributed by atoms with Crippen LogP contribution in [0.4, 0.5) is 0 Å². The number of rotatable bonds is 6. The molecule has 3 N–H and O–H groups in total. The average molecular weight is 257 g/mol. The molecule has 4 atom stereocenters. The monoisotopic (exact) mass is 257 g/mol. The minimum atomic E-state index is -0.330. The quantitative estimate of drug-likeness (QED) is 0.814. The van der Waals surface area contributed by atoms with Crippen LogP contribution < -0.4 is 5.73 Å². The standard InChI is InChI=1S/C12H23N3OS/c1-5-11(13)12(17-9(3)8(2)16)10-6-14-15(4)7-10/h6-9,11-12,16H,5,13H2,1-4H3. The summed E-state index contributed by atoms with van der Waals surface area (Å²) in [6, 6.07) is 0.0883. The molecular weight excluding hydrogens is 234 g/mol. The molecule has 0 bridgehead atoms. The van der Waals surface area contributed by atoms with Crippen LogP contribution in [-0.4, -0.2) is 32.3 Å². The first kappa shape index (κ1) is 14.5. The van der Waals surface area contributed by atoms with Crippen LogP contribution in [0.2, 0.25) is 0 Å². The Kier molecular flexibility index (Phi) is 5.49. The number of nitrogens with zero attached hydrogens (tertiary/aromatic N) is 2. The molecule has 4 nitrogen and oxygen atoms in total. The van der Waals surface area contributed by atoms with Gasteiger partial charge in [-0.15, -0.1) is 11.8 Å². The van der Waals surface area contributed by atoms with Crippen molar-refractivity contribution in [2.45, 2.75) is 49.8 Å². The first-order valence-corrected chi connectivity index (χ1v) is 6.97. The van der Waals surface area contributed by atoms with E-state index in [9.17, 15) is 5.11 Å². The average Bonchev–Trinajstić information content (AvgIpc) is 2.70. The lowest BCUT2D eigenvalue weighted by Gasteiger charge is -2.26. The van der Waals surface area contributed by atoms with Crippen molar-refractivity contribution >= 4 is 11.8 Å². The molecule has 0 radical (unpaired) electrons. The van der Waals surface area contributed by atoms with Gasteiger partial charge in [0, 0.05) is 35.3 Å². The van der Waals surface area contributed by atoms with Gasteiger partial charge in [0.05, 0.1) is 12.3 Å². The molecule has 1 aromatic heterocycles. The van der Waals surface area contributed by atoms with Gasteiger partial charge in [0.15, 0.2) is 0 Å². The van der Waals surface area contributed by atoms with E-state index in [1.807, 2.05) is 33.3 Å². The van der Waals surface area contributed by atoms with Gasteiger partial charge in [-0.2, -0.15) is 5.10 Å². The number of hydrogen-bond acceptors (Lipinski definition) is 4. The van der Waals surface area contributed by atoms with E-state index in [2.05, 4.69) is 12.0 Å². The van der Waals surface area contributed by atoms with E-state index in [0.717, 1.165) is 12.0 Å². The summed E-state index contributed by atoms with van der Waals surface area (Å²) < 4.78 is 1.79. The summed E-state index contributed by atoms with van der Waals surface area (Å²) in [5, 5.41) is 14.1. The molecule has 0 spiro atoms. The Labute approximate surface area is 108 Å². The third-order valence-electron chi connectivity index (χ3n) is 2.95. The molecule has 1 aromatic rings. The van der Waals surface area contributed by atoms with Crippen molar-refractivity contribution < 1.29 is 5.11 Å². The number of aliphatic hydroxyl groups excluding tert-OH is 1. The van der Waals surface area contributed by atoms with Crippen LogP contribution >= 0.6 is 11.8 Å². The number of aliphatic hydroxyl groups is 1. The molecule has 17 heavy (non-hydrogen) atoms. The SMILES string of the molecule is CCC(N)C(SC(C)C(C)O)c1cnn(C)c1. The lowest BCUT2D eigenvalue weighted by molar-refractivity contribution is 0.196. The number of nitrogens with two attached hydrogens (primary N) is 1. The van der Waals surface area contributed by atoms with E-state index in [1.165, 1.54) is 0 Å². The van der Waals surface area contributed by atoms with Crippen LogP contribution in [0, 0.1) is 0 Å². The zero-order chi connectivity index (χ0) is 13.0. The summed E-state index contributed by atoms with van der Waals surface area (Å²) in [4.78, 5) is 0. The second kappa shape index (κ2) is 6.42. The molecule has 0 aliphatic rings. The Hall–Kier alpha value is -0.520. The van der Waals surface area contributed by atoms with Gasteiger partial charge in [0.2, 0.25) is 0 Å². The lowest BCUT2D eigenvalue weighted by atomic mass is 10.1. The summed E-state index contributed by atoms with van der Waals surface area (Å²) in [5.74, 6) is 0. The highest BCUT2D eigenvalue weighted by Crippen LogP contribution is 2.36. The fourth-order valence-corrected chi connectivity index (χ4v) is 2.94. The molecule has 4 unspecified atom stereocenters. The number of aryl methyl sites for hydroxylation is 1. The van der Waals surface area contributed by atoms with E-state index >= 15 is 0 Å². The van der Waals surface area contributed by atoms with Crippen molar-refractivity contribution in [1.29, 1.82) is 0 Å². The molecule has 1 heterocycles. The smallest absolute Gasteiger partial charge is 0.0628 e. The van der Waals surface area contributed by atoms with Crippen molar-refractivity contribution in [3.8, 4) is 0 Å². The second-order valence-corrected chi connectivity index (χ2v) is 6.05. The molecule has 0 amide bonds. The van der Waals surface area contributed by atoms with Crippen LogP contribution in [0.25, 0.3) is 0 Å². The van der Waals surface area contributed by atoms with Gasteiger partial charge in [-0.25, -0.2) is 0 Å². The van der Waals surface area contributed by atoms with E-state index in [0.29, 0.717) is 0 Å². The molecule has 1 rings (SSSR count). The Morgan fingerprint density at radius 1 is 1.53 bits per heavy atom. The first-order valence-electron chi connectivity index (χ1n) is 6.03. The van der Waals surface area contributed by atoms with Crippen molar-refractivity contribution in [2.24, 2.45) is 12.8 Å². The Morgan fingerprint density at radius 2 is 2.18 bits per heavy atom. The Balaban J connectivity index is 2.81. The normalized spacial score (nSPS) is 18.7. The lowest BCUT2D eigenvalue weighted by Crippen LogP contribution is -2.28. The summed E-state index contributed by atoms with van der Waals surface area (Å²) >= 11 is 1.72. The van der Waals surface area contributed by atoms with Crippen LogP contribution in [0.15, 0.2) is 12.4 Å². The molecule has 0 saturated heterocycles. The fourth-order valence-electron chi connectivity index (χ4n) is 1.57. The van der Waals surface area contributed by atoms with Gasteiger partial charge >= 0.3 is 0 Å². The Bertz CT molecular complexity index is 340. The molecule has 0 saturated carbocycles. The van der Waals surface area contributed by atoms with E-state index < -0.39 is 0 Å². The summed E-state index contributed by atoms with van der Waals surface area (Å²) in [7, 11) is 1.90. The fraction of sp³-hybridized carbons (Fsp3) is 0.750. The van der Waals surface area contributed by atoms with Crippen LogP contribution in [0.5, 0.6) is 0 Å². The number of aromatic nitrogens is 2. The predicted molar refractivity (Wildman–Crippen MR) is 72.9 cm³/mol. The van der Waals surface area contributed by atoms with Crippen molar-refractivity contribution in [3.05, 3.63) is 18.0 Å².